The Balaban J connectivity index is 1.63. The van der Waals surface area contributed by atoms with Crippen LogP contribution in [0.5, 0.6) is 0 Å². The topological polar surface area (TPSA) is 78.9 Å². The third kappa shape index (κ3) is 4.00. The first-order valence-electron chi connectivity index (χ1n) is 8.19. The lowest BCUT2D eigenvalue weighted by atomic mass is 9.92. The third-order valence-corrected chi connectivity index (χ3v) is 5.15. The predicted octanol–water partition coefficient (Wildman–Crippen LogP) is 2.37. The molecule has 2 aromatic rings. The van der Waals surface area contributed by atoms with Gasteiger partial charge in [0, 0.05) is 4.88 Å². The number of benzene rings is 1. The van der Waals surface area contributed by atoms with E-state index in [1.165, 1.54) is 24.3 Å². The summed E-state index contributed by atoms with van der Waals surface area (Å²) in [4.78, 5) is 26.7. The highest BCUT2D eigenvalue weighted by Gasteiger charge is 2.49. The Morgan fingerprint density at radius 2 is 2.07 bits per heavy atom. The Bertz CT molecular complexity index is 846. The molecule has 1 aliphatic rings. The molecule has 0 spiro atoms. The van der Waals surface area contributed by atoms with Gasteiger partial charge in [0.25, 0.3) is 5.91 Å². The number of aliphatic hydroxyl groups is 1. The van der Waals surface area contributed by atoms with Gasteiger partial charge in [0.1, 0.15) is 5.54 Å². The predicted molar refractivity (Wildman–Crippen MR) is 93.9 cm³/mol. The summed E-state index contributed by atoms with van der Waals surface area (Å²) in [5.74, 6) is -2.82. The number of aliphatic hydroxyl groups excluding tert-OH is 1. The van der Waals surface area contributed by atoms with Gasteiger partial charge in [-0.2, -0.15) is 0 Å². The van der Waals surface area contributed by atoms with Gasteiger partial charge in [0.15, 0.2) is 11.6 Å². The second kappa shape index (κ2) is 7.71. The maximum atomic E-state index is 13.5. The maximum Gasteiger partial charge on any atom is 0.325 e. The highest BCUT2D eigenvalue weighted by Crippen LogP contribution is 2.29. The number of hydrogen-bond donors (Lipinski definition) is 2. The van der Waals surface area contributed by atoms with Gasteiger partial charge in [-0.25, -0.2) is 13.6 Å². The van der Waals surface area contributed by atoms with Crippen LogP contribution in [0.15, 0.2) is 35.7 Å². The molecule has 1 saturated heterocycles. The van der Waals surface area contributed by atoms with Crippen molar-refractivity contribution >= 4 is 23.3 Å². The average Bonchev–Trinajstić information content (AvgIpc) is 3.21. The molecule has 0 radical (unpaired) electrons. The van der Waals surface area contributed by atoms with Crippen molar-refractivity contribution in [2.45, 2.75) is 25.2 Å². The Kier molecular flexibility index (Phi) is 5.54. The van der Waals surface area contributed by atoms with Crippen LogP contribution in [-0.4, -0.2) is 41.2 Å². The first-order valence-corrected chi connectivity index (χ1v) is 9.07. The molecule has 144 valence electrons. The zero-order chi connectivity index (χ0) is 19.6. The van der Waals surface area contributed by atoms with Gasteiger partial charge < -0.3 is 15.2 Å². The number of imide groups is 1. The number of carbonyl (C=O) groups is 2. The minimum atomic E-state index is -1.54. The van der Waals surface area contributed by atoms with Crippen molar-refractivity contribution in [2.75, 3.05) is 13.2 Å². The molecule has 0 saturated carbocycles. The van der Waals surface area contributed by atoms with Crippen molar-refractivity contribution in [3.05, 3.63) is 57.8 Å². The van der Waals surface area contributed by atoms with Crippen LogP contribution in [0.4, 0.5) is 13.6 Å². The van der Waals surface area contributed by atoms with Gasteiger partial charge in [-0.3, -0.25) is 9.69 Å². The monoisotopic (exact) mass is 396 g/mol. The van der Waals surface area contributed by atoms with Crippen LogP contribution in [0.1, 0.15) is 17.4 Å². The summed E-state index contributed by atoms with van der Waals surface area (Å²) >= 11 is 1.52. The van der Waals surface area contributed by atoms with E-state index in [-0.39, 0.29) is 18.7 Å². The number of nitrogens with zero attached hydrogens (tertiary/aromatic N) is 1. The molecule has 27 heavy (non-hydrogen) atoms. The fraction of sp³-hybridized carbons (Fsp3) is 0.333. The van der Waals surface area contributed by atoms with Crippen LogP contribution in [0.25, 0.3) is 0 Å². The van der Waals surface area contributed by atoms with E-state index in [1.54, 1.807) is 0 Å². The fourth-order valence-electron chi connectivity index (χ4n) is 2.82. The van der Waals surface area contributed by atoms with E-state index in [4.69, 9.17) is 4.74 Å². The van der Waals surface area contributed by atoms with Crippen molar-refractivity contribution in [1.82, 2.24) is 10.2 Å². The molecule has 6 nitrogen and oxygen atoms in total. The summed E-state index contributed by atoms with van der Waals surface area (Å²) in [7, 11) is 0. The SMILES string of the molecule is CC1(c2ccc(F)c(F)c2)NC(=O)N(CC(O)COCc2cccs2)C1=O. The second-order valence-corrected chi connectivity index (χ2v) is 7.38. The number of hydrogen-bond acceptors (Lipinski definition) is 5. The van der Waals surface area contributed by atoms with Gasteiger partial charge in [-0.15, -0.1) is 11.3 Å². The van der Waals surface area contributed by atoms with Crippen LogP contribution < -0.4 is 5.32 Å². The van der Waals surface area contributed by atoms with Crippen molar-refractivity contribution in [1.29, 1.82) is 0 Å². The Morgan fingerprint density at radius 3 is 2.74 bits per heavy atom. The molecule has 1 aromatic heterocycles. The van der Waals surface area contributed by atoms with Gasteiger partial charge in [-0.05, 0) is 36.1 Å². The zero-order valence-corrected chi connectivity index (χ0v) is 15.3. The van der Waals surface area contributed by atoms with E-state index in [2.05, 4.69) is 5.32 Å². The maximum absolute atomic E-state index is 13.5. The lowest BCUT2D eigenvalue weighted by Crippen LogP contribution is -2.42. The van der Waals surface area contributed by atoms with Crippen molar-refractivity contribution in [3.8, 4) is 0 Å². The number of amides is 3. The van der Waals surface area contributed by atoms with E-state index in [9.17, 15) is 23.5 Å². The van der Waals surface area contributed by atoms with Crippen LogP contribution in [0.3, 0.4) is 0 Å². The summed E-state index contributed by atoms with van der Waals surface area (Å²) in [6.45, 7) is 1.40. The average molecular weight is 396 g/mol. The molecule has 2 atom stereocenters. The van der Waals surface area contributed by atoms with Crippen molar-refractivity contribution in [3.63, 3.8) is 0 Å². The van der Waals surface area contributed by atoms with Crippen molar-refractivity contribution < 1.29 is 28.2 Å². The van der Waals surface area contributed by atoms with E-state index in [0.717, 1.165) is 21.9 Å². The fourth-order valence-corrected chi connectivity index (χ4v) is 3.46. The van der Waals surface area contributed by atoms with E-state index >= 15 is 0 Å². The lowest BCUT2D eigenvalue weighted by Gasteiger charge is -2.23. The van der Waals surface area contributed by atoms with E-state index in [1.807, 2.05) is 17.5 Å². The molecule has 9 heteroatoms. The molecule has 1 aromatic carbocycles. The molecule has 3 amide bonds. The van der Waals surface area contributed by atoms with Crippen LogP contribution in [0.2, 0.25) is 0 Å². The molecule has 2 N–H and O–H groups in total. The molecule has 1 aliphatic heterocycles. The number of thiophene rings is 1. The molecule has 2 heterocycles. The number of carbonyl (C=O) groups excluding carboxylic acids is 2. The summed E-state index contributed by atoms with van der Waals surface area (Å²) in [5, 5.41) is 14.5. The summed E-state index contributed by atoms with van der Waals surface area (Å²) in [6, 6.07) is 6.06. The smallest absolute Gasteiger partial charge is 0.325 e. The highest BCUT2D eigenvalue weighted by atomic mass is 32.1. The number of nitrogens with one attached hydrogen (secondary N) is 1. The van der Waals surface area contributed by atoms with Gasteiger partial charge in [0.2, 0.25) is 0 Å². The van der Waals surface area contributed by atoms with Gasteiger partial charge in [0.05, 0.1) is 25.9 Å². The standard InChI is InChI=1S/C18H18F2N2O4S/c1-18(11-4-5-14(19)15(20)7-11)16(24)22(17(25)21-18)8-12(23)9-26-10-13-3-2-6-27-13/h2-7,12,23H,8-10H2,1H3,(H,21,25). The van der Waals surface area contributed by atoms with Crippen LogP contribution in [0, 0.1) is 11.6 Å². The molecule has 0 aliphatic carbocycles. The third-order valence-electron chi connectivity index (χ3n) is 4.30. The first-order chi connectivity index (χ1) is 12.8. The highest BCUT2D eigenvalue weighted by molar-refractivity contribution is 7.09. The zero-order valence-electron chi connectivity index (χ0n) is 14.4. The minimum Gasteiger partial charge on any atom is -0.389 e. The number of rotatable bonds is 7. The first kappa shape index (κ1) is 19.4. The second-order valence-electron chi connectivity index (χ2n) is 6.35. The largest absolute Gasteiger partial charge is 0.389 e. The Morgan fingerprint density at radius 1 is 1.30 bits per heavy atom. The summed E-state index contributed by atoms with van der Waals surface area (Å²) < 4.78 is 32.1. The molecule has 2 unspecified atom stereocenters. The minimum absolute atomic E-state index is 0.0587. The quantitative estimate of drug-likeness (QED) is 0.705. The number of urea groups is 1. The summed E-state index contributed by atoms with van der Waals surface area (Å²) in [5.41, 5.74) is -1.42. The normalized spacial score (nSPS) is 20.8. The lowest BCUT2D eigenvalue weighted by molar-refractivity contribution is -0.132. The Labute approximate surface area is 158 Å². The molecule has 0 bridgehead atoms. The summed E-state index contributed by atoms with van der Waals surface area (Å²) in [6.07, 6.45) is -1.08. The van der Waals surface area contributed by atoms with Gasteiger partial charge in [-0.1, -0.05) is 12.1 Å². The van der Waals surface area contributed by atoms with E-state index < -0.39 is 35.2 Å². The molecule has 3 rings (SSSR count). The number of β-amino-alcohol motifs (C(OH)–C–C–N with tert-alkyl or cyclic N) is 1. The van der Waals surface area contributed by atoms with Crippen LogP contribution in [-0.2, 0) is 21.7 Å². The molecular formula is C18H18F2N2O4S. The molecular weight excluding hydrogens is 378 g/mol. The van der Waals surface area contributed by atoms with Gasteiger partial charge >= 0.3 is 6.03 Å². The number of ether oxygens (including phenoxy) is 1. The molecule has 1 fully saturated rings. The Hall–Kier alpha value is -2.36. The van der Waals surface area contributed by atoms with Crippen LogP contribution >= 0.6 is 11.3 Å². The van der Waals surface area contributed by atoms with E-state index in [0.29, 0.717) is 6.61 Å². The number of halogens is 2. The van der Waals surface area contributed by atoms with Crippen molar-refractivity contribution in [2.24, 2.45) is 0 Å².